The van der Waals surface area contributed by atoms with Crippen molar-refractivity contribution in [3.05, 3.63) is 27.9 Å². The Morgan fingerprint density at radius 2 is 1.90 bits per heavy atom. The maximum absolute atomic E-state index is 11.3. The van der Waals surface area contributed by atoms with Gasteiger partial charge in [0.15, 0.2) is 0 Å². The summed E-state index contributed by atoms with van der Waals surface area (Å²) in [4.78, 5) is 25.7. The number of rotatable bonds is 5. The van der Waals surface area contributed by atoms with E-state index in [9.17, 15) is 20.0 Å². The van der Waals surface area contributed by atoms with Crippen molar-refractivity contribution in [3.8, 4) is 0 Å². The van der Waals surface area contributed by atoms with Crippen molar-refractivity contribution in [2.45, 2.75) is 40.2 Å². The number of anilines is 1. The molecule has 0 atom stereocenters. The van der Waals surface area contributed by atoms with Crippen LogP contribution in [0.25, 0.3) is 0 Å². The molecule has 0 fully saturated rings. The summed E-state index contributed by atoms with van der Waals surface area (Å²) in [6.07, 6.45) is 0. The Morgan fingerprint density at radius 1 is 1.35 bits per heavy atom. The van der Waals surface area contributed by atoms with Crippen molar-refractivity contribution in [2.75, 3.05) is 5.32 Å². The summed E-state index contributed by atoms with van der Waals surface area (Å²) in [5, 5.41) is 23.0. The van der Waals surface area contributed by atoms with Gasteiger partial charge in [-0.1, -0.05) is 0 Å². The molecule has 0 aliphatic carbocycles. The van der Waals surface area contributed by atoms with E-state index in [1.165, 1.54) is 12.1 Å². The summed E-state index contributed by atoms with van der Waals surface area (Å²) < 4.78 is 0. The first-order valence-corrected chi connectivity index (χ1v) is 6.12. The first-order valence-electron chi connectivity index (χ1n) is 6.12. The molecule has 7 heteroatoms. The number of pyridine rings is 1. The molecular formula is C13H19N3O4. The third-order valence-electron chi connectivity index (χ3n) is 3.79. The quantitative estimate of drug-likeness (QED) is 0.634. The van der Waals surface area contributed by atoms with Gasteiger partial charge >= 0.3 is 5.97 Å². The van der Waals surface area contributed by atoms with Crippen molar-refractivity contribution >= 4 is 17.5 Å². The van der Waals surface area contributed by atoms with Crippen LogP contribution < -0.4 is 5.32 Å². The maximum atomic E-state index is 11.3. The Balaban J connectivity index is 3.08. The van der Waals surface area contributed by atoms with Crippen LogP contribution in [0.4, 0.5) is 11.5 Å². The second-order valence-corrected chi connectivity index (χ2v) is 5.74. The summed E-state index contributed by atoms with van der Waals surface area (Å²) in [5.74, 6) is -0.527. The van der Waals surface area contributed by atoms with E-state index < -0.39 is 21.8 Å². The van der Waals surface area contributed by atoms with E-state index in [-0.39, 0.29) is 11.4 Å². The Hall–Kier alpha value is -2.18. The summed E-state index contributed by atoms with van der Waals surface area (Å²) in [6.45, 7) is 8.26. The highest BCUT2D eigenvalue weighted by Gasteiger charge is 2.43. The second-order valence-electron chi connectivity index (χ2n) is 5.74. The van der Waals surface area contributed by atoms with E-state index in [0.29, 0.717) is 5.82 Å². The SMILES string of the molecule is Cc1nc(NC(C)(C)C(C)(C)C(=O)O)ccc1[N+](=O)[O-]. The molecule has 0 aromatic carbocycles. The zero-order chi connectivity index (χ0) is 15.7. The molecule has 0 amide bonds. The van der Waals surface area contributed by atoms with Gasteiger partial charge in [0.05, 0.1) is 10.3 Å². The summed E-state index contributed by atoms with van der Waals surface area (Å²) in [5.41, 5.74) is -1.60. The number of carboxylic acids is 1. The standard InChI is InChI=1S/C13H19N3O4/c1-8-9(16(19)20)6-7-10(14-8)15-13(4,5)12(2,3)11(17)18/h6-7H,1-5H3,(H,14,15)(H,17,18). The molecule has 0 unspecified atom stereocenters. The number of aromatic nitrogens is 1. The van der Waals surface area contributed by atoms with Gasteiger partial charge in [-0.15, -0.1) is 0 Å². The lowest BCUT2D eigenvalue weighted by Gasteiger charge is -2.39. The van der Waals surface area contributed by atoms with Crippen molar-refractivity contribution in [1.82, 2.24) is 4.98 Å². The average Bonchev–Trinajstić information content (AvgIpc) is 2.27. The fourth-order valence-electron chi connectivity index (χ4n) is 1.56. The van der Waals surface area contributed by atoms with Crippen molar-refractivity contribution in [3.63, 3.8) is 0 Å². The highest BCUT2D eigenvalue weighted by atomic mass is 16.6. The third kappa shape index (κ3) is 2.87. The van der Waals surface area contributed by atoms with E-state index in [1.54, 1.807) is 34.6 Å². The topological polar surface area (TPSA) is 105 Å². The summed E-state index contributed by atoms with van der Waals surface area (Å²) >= 11 is 0. The largest absolute Gasteiger partial charge is 0.481 e. The maximum Gasteiger partial charge on any atom is 0.311 e. The molecule has 0 spiro atoms. The van der Waals surface area contributed by atoms with Gasteiger partial charge in [0.1, 0.15) is 11.5 Å². The molecule has 0 aliphatic heterocycles. The molecule has 0 radical (unpaired) electrons. The van der Waals surface area contributed by atoms with Crippen LogP contribution in [0.2, 0.25) is 0 Å². The minimum absolute atomic E-state index is 0.0640. The number of nitrogens with zero attached hydrogens (tertiary/aromatic N) is 2. The van der Waals surface area contributed by atoms with E-state index in [0.717, 1.165) is 0 Å². The Bertz CT molecular complexity index is 553. The van der Waals surface area contributed by atoms with Gasteiger partial charge < -0.3 is 10.4 Å². The number of nitrogens with one attached hydrogen (secondary N) is 1. The first-order chi connectivity index (χ1) is 8.99. The van der Waals surface area contributed by atoms with Crippen LogP contribution in [-0.2, 0) is 4.79 Å². The lowest BCUT2D eigenvalue weighted by molar-refractivity contribution is -0.385. The highest BCUT2D eigenvalue weighted by molar-refractivity contribution is 5.76. The minimum Gasteiger partial charge on any atom is -0.481 e. The van der Waals surface area contributed by atoms with Gasteiger partial charge in [0.25, 0.3) is 5.69 Å². The number of hydrogen-bond acceptors (Lipinski definition) is 5. The summed E-state index contributed by atoms with van der Waals surface area (Å²) in [7, 11) is 0. The summed E-state index contributed by atoms with van der Waals surface area (Å²) in [6, 6.07) is 2.83. The van der Waals surface area contributed by atoms with Crippen LogP contribution in [0.1, 0.15) is 33.4 Å². The number of nitro groups is 1. The number of aliphatic carboxylic acids is 1. The predicted molar refractivity (Wildman–Crippen MR) is 74.7 cm³/mol. The van der Waals surface area contributed by atoms with Crippen LogP contribution >= 0.6 is 0 Å². The molecule has 0 saturated heterocycles. The molecule has 0 aliphatic rings. The molecule has 1 heterocycles. The molecule has 2 N–H and O–H groups in total. The minimum atomic E-state index is -1.04. The van der Waals surface area contributed by atoms with Gasteiger partial charge in [-0.25, -0.2) is 4.98 Å². The van der Waals surface area contributed by atoms with Gasteiger partial charge in [-0.2, -0.15) is 0 Å². The molecule has 1 aromatic rings. The van der Waals surface area contributed by atoms with Crippen molar-refractivity contribution < 1.29 is 14.8 Å². The van der Waals surface area contributed by atoms with Crippen molar-refractivity contribution in [2.24, 2.45) is 5.41 Å². The molecule has 0 saturated carbocycles. The number of carbonyl (C=O) groups is 1. The molecule has 1 aromatic heterocycles. The van der Waals surface area contributed by atoms with Crippen LogP contribution in [0.15, 0.2) is 12.1 Å². The predicted octanol–water partition coefficient (Wildman–Crippen LogP) is 2.60. The molecule has 1 rings (SSSR count). The molecule has 110 valence electrons. The van der Waals surface area contributed by atoms with E-state index in [2.05, 4.69) is 10.3 Å². The number of carboxylic acid groups (broad SMARTS) is 1. The van der Waals surface area contributed by atoms with Crippen LogP contribution in [0, 0.1) is 22.5 Å². The second kappa shape index (κ2) is 5.07. The number of hydrogen-bond donors (Lipinski definition) is 2. The van der Waals surface area contributed by atoms with E-state index >= 15 is 0 Å². The van der Waals surface area contributed by atoms with E-state index in [4.69, 9.17) is 0 Å². The molecule has 0 bridgehead atoms. The van der Waals surface area contributed by atoms with Crippen LogP contribution in [0.5, 0.6) is 0 Å². The van der Waals surface area contributed by atoms with Crippen LogP contribution in [-0.4, -0.2) is 26.5 Å². The van der Waals surface area contributed by atoms with E-state index in [1.807, 2.05) is 0 Å². The highest BCUT2D eigenvalue weighted by Crippen LogP contribution is 2.34. The van der Waals surface area contributed by atoms with Crippen LogP contribution in [0.3, 0.4) is 0 Å². The number of aryl methyl sites for hydroxylation is 1. The average molecular weight is 281 g/mol. The smallest absolute Gasteiger partial charge is 0.311 e. The van der Waals surface area contributed by atoms with Gasteiger partial charge in [-0.05, 0) is 40.7 Å². The fraction of sp³-hybridized carbons (Fsp3) is 0.538. The van der Waals surface area contributed by atoms with Gasteiger partial charge in [-0.3, -0.25) is 14.9 Å². The fourth-order valence-corrected chi connectivity index (χ4v) is 1.56. The van der Waals surface area contributed by atoms with Gasteiger partial charge in [0.2, 0.25) is 0 Å². The third-order valence-corrected chi connectivity index (χ3v) is 3.79. The Labute approximate surface area is 117 Å². The first kappa shape index (κ1) is 15.9. The van der Waals surface area contributed by atoms with Gasteiger partial charge in [0, 0.05) is 11.6 Å². The molecular weight excluding hydrogens is 262 g/mol. The lowest BCUT2D eigenvalue weighted by Crippen LogP contribution is -2.50. The van der Waals surface area contributed by atoms with Crippen molar-refractivity contribution in [1.29, 1.82) is 0 Å². The lowest BCUT2D eigenvalue weighted by atomic mass is 9.74. The Kier molecular flexibility index (Phi) is 4.02. The molecule has 7 nitrogen and oxygen atoms in total. The zero-order valence-electron chi connectivity index (χ0n) is 12.2. The zero-order valence-corrected chi connectivity index (χ0v) is 12.2. The normalized spacial score (nSPS) is 12.1. The Morgan fingerprint density at radius 3 is 2.30 bits per heavy atom. The monoisotopic (exact) mass is 281 g/mol. The molecule has 20 heavy (non-hydrogen) atoms.